The number of aryl methyl sites for hydroxylation is 1. The third-order valence-corrected chi connectivity index (χ3v) is 5.07. The highest BCUT2D eigenvalue weighted by Crippen LogP contribution is 2.38. The lowest BCUT2D eigenvalue weighted by Gasteiger charge is -2.13. The van der Waals surface area contributed by atoms with Gasteiger partial charge in [0.1, 0.15) is 5.82 Å². The van der Waals surface area contributed by atoms with E-state index in [1.165, 1.54) is 60.3 Å². The Morgan fingerprint density at radius 3 is 2.57 bits per heavy atom. The van der Waals surface area contributed by atoms with E-state index in [0.29, 0.717) is 11.5 Å². The summed E-state index contributed by atoms with van der Waals surface area (Å²) in [6.45, 7) is 1.68. The Labute approximate surface area is 202 Å². The molecule has 0 atom stereocenters. The summed E-state index contributed by atoms with van der Waals surface area (Å²) in [6.07, 6.45) is 0. The molecule has 1 heterocycles. The number of tetrazole rings is 1. The van der Waals surface area contributed by atoms with Gasteiger partial charge in [0.15, 0.2) is 17.3 Å². The average molecular weight is 499 g/mol. The molecule has 13 heteroatoms. The van der Waals surface area contributed by atoms with Gasteiger partial charge >= 0.3 is 5.69 Å². The summed E-state index contributed by atoms with van der Waals surface area (Å²) < 4.78 is 26.7. The predicted octanol–water partition coefficient (Wildman–Crippen LogP) is 4.72. The number of anilines is 1. The summed E-state index contributed by atoms with van der Waals surface area (Å²) in [6, 6.07) is 12.2. The quantitative estimate of drug-likeness (QED) is 0.285. The van der Waals surface area contributed by atoms with Crippen LogP contribution in [0.25, 0.3) is 5.69 Å². The predicted molar refractivity (Wildman–Crippen MR) is 123 cm³/mol. The number of methoxy groups -OCH3 is 1. The SMILES string of the molecule is COc1cc(C(=O)Nc2cc(-n3nnnc3C)ccc2F)ccc1Oc1ccc(Cl)cc1[N+](=O)[O-]. The number of rotatable bonds is 7. The van der Waals surface area contributed by atoms with E-state index in [1.54, 1.807) is 6.92 Å². The van der Waals surface area contributed by atoms with Crippen LogP contribution >= 0.6 is 11.6 Å². The van der Waals surface area contributed by atoms with E-state index >= 15 is 0 Å². The fourth-order valence-corrected chi connectivity index (χ4v) is 3.30. The number of nitrogens with zero attached hydrogens (tertiary/aromatic N) is 5. The second kappa shape index (κ2) is 9.73. The van der Waals surface area contributed by atoms with Crippen molar-refractivity contribution in [1.82, 2.24) is 20.2 Å². The number of nitro benzene ring substituents is 1. The van der Waals surface area contributed by atoms with Crippen molar-refractivity contribution in [2.45, 2.75) is 6.92 Å². The summed E-state index contributed by atoms with van der Waals surface area (Å²) in [5.41, 5.74) is 0.159. The maximum absolute atomic E-state index is 14.4. The van der Waals surface area contributed by atoms with Gasteiger partial charge in [0.05, 0.1) is 23.4 Å². The van der Waals surface area contributed by atoms with Crippen molar-refractivity contribution in [3.05, 3.63) is 86.9 Å². The zero-order valence-corrected chi connectivity index (χ0v) is 19.0. The number of benzene rings is 3. The molecule has 0 spiro atoms. The molecule has 0 aliphatic carbocycles. The Morgan fingerprint density at radius 1 is 1.11 bits per heavy atom. The number of halogens is 2. The third-order valence-electron chi connectivity index (χ3n) is 4.83. The monoisotopic (exact) mass is 498 g/mol. The van der Waals surface area contributed by atoms with Gasteiger partial charge in [-0.2, -0.15) is 4.68 Å². The van der Waals surface area contributed by atoms with Crippen LogP contribution in [-0.2, 0) is 0 Å². The van der Waals surface area contributed by atoms with Crippen molar-refractivity contribution < 1.29 is 23.6 Å². The summed E-state index contributed by atoms with van der Waals surface area (Å²) in [5.74, 6) is -0.620. The van der Waals surface area contributed by atoms with E-state index in [1.807, 2.05) is 0 Å². The number of hydrogen-bond donors (Lipinski definition) is 1. The molecule has 11 nitrogen and oxygen atoms in total. The van der Waals surface area contributed by atoms with Crippen LogP contribution in [0.2, 0.25) is 5.02 Å². The molecule has 0 radical (unpaired) electrons. The molecule has 0 bridgehead atoms. The molecule has 4 rings (SSSR count). The number of carbonyl (C=O) groups is 1. The molecule has 0 fully saturated rings. The maximum Gasteiger partial charge on any atom is 0.313 e. The minimum atomic E-state index is -0.658. The molecule has 0 saturated carbocycles. The first-order valence-electron chi connectivity index (χ1n) is 9.93. The fourth-order valence-electron chi connectivity index (χ4n) is 3.14. The molecule has 35 heavy (non-hydrogen) atoms. The smallest absolute Gasteiger partial charge is 0.313 e. The van der Waals surface area contributed by atoms with Gasteiger partial charge in [0.25, 0.3) is 5.91 Å². The van der Waals surface area contributed by atoms with Gasteiger partial charge in [-0.05, 0) is 65.9 Å². The van der Waals surface area contributed by atoms with Crippen molar-refractivity contribution in [2.24, 2.45) is 0 Å². The van der Waals surface area contributed by atoms with E-state index in [0.717, 1.165) is 6.07 Å². The molecule has 0 saturated heterocycles. The second-order valence-corrected chi connectivity index (χ2v) is 7.53. The molecular weight excluding hydrogens is 483 g/mol. The van der Waals surface area contributed by atoms with Crippen molar-refractivity contribution in [2.75, 3.05) is 12.4 Å². The third kappa shape index (κ3) is 5.01. The molecule has 178 valence electrons. The van der Waals surface area contributed by atoms with Crippen molar-refractivity contribution in [3.8, 4) is 22.9 Å². The van der Waals surface area contributed by atoms with Gasteiger partial charge in [0, 0.05) is 16.7 Å². The maximum atomic E-state index is 14.4. The number of ether oxygens (including phenoxy) is 2. The lowest BCUT2D eigenvalue weighted by Crippen LogP contribution is -2.14. The second-order valence-electron chi connectivity index (χ2n) is 7.09. The van der Waals surface area contributed by atoms with E-state index in [2.05, 4.69) is 20.8 Å². The van der Waals surface area contributed by atoms with Crippen molar-refractivity contribution in [1.29, 1.82) is 0 Å². The minimum Gasteiger partial charge on any atom is -0.493 e. The Bertz CT molecular complexity index is 1440. The normalized spacial score (nSPS) is 10.6. The fraction of sp³-hybridized carbons (Fsp3) is 0.0909. The molecule has 4 aromatic rings. The number of amides is 1. The number of nitro groups is 1. The largest absolute Gasteiger partial charge is 0.493 e. The Balaban J connectivity index is 1.59. The van der Waals surface area contributed by atoms with E-state index in [-0.39, 0.29) is 39.2 Å². The molecule has 0 aliphatic rings. The van der Waals surface area contributed by atoms with E-state index in [9.17, 15) is 19.3 Å². The summed E-state index contributed by atoms with van der Waals surface area (Å²) in [4.78, 5) is 23.5. The molecule has 1 aromatic heterocycles. The molecule has 3 aromatic carbocycles. The van der Waals surface area contributed by atoms with Crippen LogP contribution < -0.4 is 14.8 Å². The summed E-state index contributed by atoms with van der Waals surface area (Å²) >= 11 is 5.84. The first-order chi connectivity index (χ1) is 16.8. The highest BCUT2D eigenvalue weighted by molar-refractivity contribution is 6.30. The van der Waals surface area contributed by atoms with Gasteiger partial charge in [0.2, 0.25) is 5.75 Å². The standard InChI is InChI=1S/C22H16ClFN6O5/c1-12-26-27-28-29(12)15-5-6-16(24)17(11-15)25-22(31)13-3-7-20(21(9-13)34-2)35-19-8-4-14(23)10-18(19)30(32)33/h3-11H,1-2H3,(H,25,31). The number of aromatic nitrogens is 4. The van der Waals surface area contributed by atoms with Gasteiger partial charge in [-0.3, -0.25) is 14.9 Å². The van der Waals surface area contributed by atoms with Crippen LogP contribution in [0.1, 0.15) is 16.2 Å². The topological polar surface area (TPSA) is 134 Å². The Hall–Kier alpha value is -4.58. The summed E-state index contributed by atoms with van der Waals surface area (Å²) in [5, 5.41) is 25.2. The molecule has 1 N–H and O–H groups in total. The van der Waals surface area contributed by atoms with Gasteiger partial charge in [-0.15, -0.1) is 5.10 Å². The highest BCUT2D eigenvalue weighted by atomic mass is 35.5. The zero-order valence-electron chi connectivity index (χ0n) is 18.2. The highest BCUT2D eigenvalue weighted by Gasteiger charge is 2.20. The van der Waals surface area contributed by atoms with Gasteiger partial charge in [-0.25, -0.2) is 4.39 Å². The van der Waals surface area contributed by atoms with Crippen LogP contribution in [0.15, 0.2) is 54.6 Å². The first-order valence-corrected chi connectivity index (χ1v) is 10.3. The van der Waals surface area contributed by atoms with Crippen LogP contribution in [0, 0.1) is 22.9 Å². The average Bonchev–Trinajstić information content (AvgIpc) is 3.27. The molecule has 0 unspecified atom stereocenters. The molecule has 0 aliphatic heterocycles. The van der Waals surface area contributed by atoms with Crippen LogP contribution in [0.5, 0.6) is 17.2 Å². The number of carbonyl (C=O) groups excluding carboxylic acids is 1. The van der Waals surface area contributed by atoms with Crippen molar-refractivity contribution in [3.63, 3.8) is 0 Å². The van der Waals surface area contributed by atoms with Crippen molar-refractivity contribution >= 4 is 28.9 Å². The minimum absolute atomic E-state index is 0.0633. The van der Waals surface area contributed by atoms with Crippen LogP contribution in [0.4, 0.5) is 15.8 Å². The Kier molecular flexibility index (Phi) is 6.55. The lowest BCUT2D eigenvalue weighted by atomic mass is 10.1. The lowest BCUT2D eigenvalue weighted by molar-refractivity contribution is -0.385. The Morgan fingerprint density at radius 2 is 1.89 bits per heavy atom. The zero-order chi connectivity index (χ0) is 25.1. The van der Waals surface area contributed by atoms with Crippen LogP contribution in [-0.4, -0.2) is 38.1 Å². The van der Waals surface area contributed by atoms with Crippen LogP contribution in [0.3, 0.4) is 0 Å². The van der Waals surface area contributed by atoms with Gasteiger partial charge < -0.3 is 14.8 Å². The number of nitrogens with one attached hydrogen (secondary N) is 1. The summed E-state index contributed by atoms with van der Waals surface area (Å²) in [7, 11) is 1.35. The van der Waals surface area contributed by atoms with Gasteiger partial charge in [-0.1, -0.05) is 11.6 Å². The molecular formula is C22H16ClFN6O5. The van der Waals surface area contributed by atoms with E-state index in [4.69, 9.17) is 21.1 Å². The number of hydrogen-bond acceptors (Lipinski definition) is 8. The first kappa shape index (κ1) is 23.6. The van der Waals surface area contributed by atoms with E-state index < -0.39 is 16.6 Å². The molecule has 1 amide bonds.